The molecule has 1 aliphatic heterocycles. The first-order chi connectivity index (χ1) is 8.78. The fourth-order valence-corrected chi connectivity index (χ4v) is 1.75. The number of urea groups is 1. The number of halogens is 3. The van der Waals surface area contributed by atoms with Crippen molar-refractivity contribution in [2.45, 2.75) is 12.6 Å². The standard InChI is InChI=1S/C10H16F3N3O3/c11-10(12,13)7-15-3-5-16(6-4-15)9(19)14-2-1-8(17)18/h1-7H2,(H,14,19)(H,17,18). The number of nitrogens with zero attached hydrogens (tertiary/aromatic N) is 2. The van der Waals surface area contributed by atoms with Crippen LogP contribution < -0.4 is 5.32 Å². The summed E-state index contributed by atoms with van der Waals surface area (Å²) in [4.78, 5) is 24.4. The molecule has 0 aromatic rings. The smallest absolute Gasteiger partial charge is 0.401 e. The van der Waals surface area contributed by atoms with Crippen molar-refractivity contribution in [3.05, 3.63) is 0 Å². The van der Waals surface area contributed by atoms with Gasteiger partial charge in [0.05, 0.1) is 13.0 Å². The van der Waals surface area contributed by atoms with Gasteiger partial charge in [-0.05, 0) is 0 Å². The minimum atomic E-state index is -4.23. The normalized spacial score (nSPS) is 17.3. The highest BCUT2D eigenvalue weighted by Gasteiger charge is 2.32. The van der Waals surface area contributed by atoms with Crippen molar-refractivity contribution in [3.63, 3.8) is 0 Å². The number of amides is 2. The Bertz CT molecular complexity index is 328. The van der Waals surface area contributed by atoms with E-state index in [1.807, 2.05) is 0 Å². The lowest BCUT2D eigenvalue weighted by molar-refractivity contribution is -0.148. The fraction of sp³-hybridized carbons (Fsp3) is 0.800. The molecule has 1 aliphatic rings. The Kier molecular flexibility index (Phi) is 5.40. The highest BCUT2D eigenvalue weighted by Crippen LogP contribution is 2.17. The molecule has 0 bridgehead atoms. The quantitative estimate of drug-likeness (QED) is 0.781. The highest BCUT2D eigenvalue weighted by molar-refractivity contribution is 5.75. The SMILES string of the molecule is O=C(O)CCNC(=O)N1CCN(CC(F)(F)F)CC1. The molecule has 6 nitrogen and oxygen atoms in total. The maximum Gasteiger partial charge on any atom is 0.401 e. The third kappa shape index (κ3) is 6.27. The molecule has 2 N–H and O–H groups in total. The first-order valence-corrected chi connectivity index (χ1v) is 5.81. The van der Waals surface area contributed by atoms with Crippen LogP contribution in [0.3, 0.4) is 0 Å². The van der Waals surface area contributed by atoms with Crippen LogP contribution in [0.1, 0.15) is 6.42 Å². The van der Waals surface area contributed by atoms with Crippen LogP contribution in [-0.4, -0.2) is 72.4 Å². The van der Waals surface area contributed by atoms with E-state index in [9.17, 15) is 22.8 Å². The fourth-order valence-electron chi connectivity index (χ4n) is 1.75. The van der Waals surface area contributed by atoms with Crippen molar-refractivity contribution in [2.75, 3.05) is 39.3 Å². The molecule has 0 aromatic heterocycles. The predicted molar refractivity (Wildman–Crippen MR) is 59.7 cm³/mol. The highest BCUT2D eigenvalue weighted by atomic mass is 19.4. The van der Waals surface area contributed by atoms with Crippen molar-refractivity contribution in [2.24, 2.45) is 0 Å². The molecule has 0 saturated carbocycles. The minimum Gasteiger partial charge on any atom is -0.481 e. The van der Waals surface area contributed by atoms with Crippen LogP contribution >= 0.6 is 0 Å². The number of carboxylic acid groups (broad SMARTS) is 1. The summed E-state index contributed by atoms with van der Waals surface area (Å²) in [6.07, 6.45) is -4.41. The molecule has 1 rings (SSSR count). The van der Waals surface area contributed by atoms with Crippen LogP contribution in [0.25, 0.3) is 0 Å². The van der Waals surface area contributed by atoms with Gasteiger partial charge in [-0.3, -0.25) is 9.69 Å². The van der Waals surface area contributed by atoms with Gasteiger partial charge in [0.1, 0.15) is 0 Å². The Labute approximate surface area is 108 Å². The van der Waals surface area contributed by atoms with Crippen molar-refractivity contribution in [1.29, 1.82) is 0 Å². The van der Waals surface area contributed by atoms with Crippen LogP contribution in [0.2, 0.25) is 0 Å². The van der Waals surface area contributed by atoms with Gasteiger partial charge in [-0.25, -0.2) is 4.79 Å². The molecule has 0 spiro atoms. The van der Waals surface area contributed by atoms with Crippen molar-refractivity contribution in [1.82, 2.24) is 15.1 Å². The Morgan fingerprint density at radius 3 is 2.21 bits per heavy atom. The van der Waals surface area contributed by atoms with E-state index in [-0.39, 0.29) is 39.1 Å². The van der Waals surface area contributed by atoms with Crippen molar-refractivity contribution >= 4 is 12.0 Å². The predicted octanol–water partition coefficient (Wildman–Crippen LogP) is 0.351. The zero-order chi connectivity index (χ0) is 14.5. The first kappa shape index (κ1) is 15.5. The van der Waals surface area contributed by atoms with Gasteiger partial charge < -0.3 is 15.3 Å². The van der Waals surface area contributed by atoms with Gasteiger partial charge in [0.15, 0.2) is 0 Å². The summed E-state index contributed by atoms with van der Waals surface area (Å²) in [6.45, 7) is -0.236. The maximum absolute atomic E-state index is 12.1. The Morgan fingerprint density at radius 1 is 1.16 bits per heavy atom. The molecule has 110 valence electrons. The third-order valence-electron chi connectivity index (χ3n) is 2.68. The molecule has 1 heterocycles. The average Bonchev–Trinajstić information content (AvgIpc) is 2.27. The van der Waals surface area contributed by atoms with E-state index in [0.717, 1.165) is 0 Å². The van der Waals surface area contributed by atoms with E-state index in [4.69, 9.17) is 5.11 Å². The summed E-state index contributed by atoms with van der Waals surface area (Å²) >= 11 is 0. The molecule has 0 radical (unpaired) electrons. The summed E-state index contributed by atoms with van der Waals surface area (Å²) in [5.41, 5.74) is 0. The summed E-state index contributed by atoms with van der Waals surface area (Å²) in [6, 6.07) is -0.437. The summed E-state index contributed by atoms with van der Waals surface area (Å²) in [7, 11) is 0. The van der Waals surface area contributed by atoms with Crippen LogP contribution in [0, 0.1) is 0 Å². The monoisotopic (exact) mass is 283 g/mol. The van der Waals surface area contributed by atoms with Gasteiger partial charge in [-0.15, -0.1) is 0 Å². The molecule has 19 heavy (non-hydrogen) atoms. The number of carboxylic acids is 1. The Morgan fingerprint density at radius 2 is 1.74 bits per heavy atom. The van der Waals surface area contributed by atoms with Gasteiger partial charge in [0.2, 0.25) is 0 Å². The van der Waals surface area contributed by atoms with Gasteiger partial charge in [0, 0.05) is 32.7 Å². The van der Waals surface area contributed by atoms with E-state index in [1.165, 1.54) is 9.80 Å². The lowest BCUT2D eigenvalue weighted by atomic mass is 10.3. The number of carbonyl (C=O) groups is 2. The zero-order valence-electron chi connectivity index (χ0n) is 10.2. The van der Waals surface area contributed by atoms with E-state index in [2.05, 4.69) is 5.32 Å². The molecule has 1 saturated heterocycles. The summed E-state index contributed by atoms with van der Waals surface area (Å²) in [5.74, 6) is -1.02. The molecule has 1 fully saturated rings. The number of nitrogens with one attached hydrogen (secondary N) is 1. The van der Waals surface area contributed by atoms with Crippen LogP contribution in [0.15, 0.2) is 0 Å². The molecular weight excluding hydrogens is 267 g/mol. The number of carbonyl (C=O) groups excluding carboxylic acids is 1. The number of rotatable bonds is 4. The Hall–Kier alpha value is -1.51. The van der Waals surface area contributed by atoms with Crippen LogP contribution in [-0.2, 0) is 4.79 Å². The molecule has 0 atom stereocenters. The molecule has 9 heteroatoms. The van der Waals surface area contributed by atoms with Crippen molar-refractivity contribution in [3.8, 4) is 0 Å². The van der Waals surface area contributed by atoms with Gasteiger partial charge in [-0.2, -0.15) is 13.2 Å². The zero-order valence-corrected chi connectivity index (χ0v) is 10.2. The second-order valence-electron chi connectivity index (χ2n) is 4.25. The second-order valence-corrected chi connectivity index (χ2v) is 4.25. The maximum atomic E-state index is 12.1. The summed E-state index contributed by atoms with van der Waals surface area (Å²) < 4.78 is 36.4. The van der Waals surface area contributed by atoms with E-state index in [0.29, 0.717) is 0 Å². The number of hydrogen-bond donors (Lipinski definition) is 2. The largest absolute Gasteiger partial charge is 0.481 e. The van der Waals surface area contributed by atoms with E-state index in [1.54, 1.807) is 0 Å². The number of hydrogen-bond acceptors (Lipinski definition) is 3. The Balaban J connectivity index is 2.25. The van der Waals surface area contributed by atoms with Gasteiger partial charge in [0.25, 0.3) is 0 Å². The van der Waals surface area contributed by atoms with Crippen molar-refractivity contribution < 1.29 is 27.9 Å². The topological polar surface area (TPSA) is 72.9 Å². The molecular formula is C10H16F3N3O3. The van der Waals surface area contributed by atoms with E-state index < -0.39 is 24.7 Å². The minimum absolute atomic E-state index is 0.0108. The third-order valence-corrected chi connectivity index (χ3v) is 2.68. The lowest BCUT2D eigenvalue weighted by Crippen LogP contribution is -2.53. The molecule has 0 aliphatic carbocycles. The number of aliphatic carboxylic acids is 1. The molecule has 2 amide bonds. The van der Waals surface area contributed by atoms with Gasteiger partial charge in [-0.1, -0.05) is 0 Å². The van der Waals surface area contributed by atoms with Gasteiger partial charge >= 0.3 is 18.2 Å². The van der Waals surface area contributed by atoms with Crippen LogP contribution in [0.5, 0.6) is 0 Å². The average molecular weight is 283 g/mol. The molecule has 0 aromatic carbocycles. The second kappa shape index (κ2) is 6.60. The lowest BCUT2D eigenvalue weighted by Gasteiger charge is -2.34. The summed E-state index contributed by atoms with van der Waals surface area (Å²) in [5, 5.41) is 10.8. The first-order valence-electron chi connectivity index (χ1n) is 5.81. The number of alkyl halides is 3. The molecule has 0 unspecified atom stereocenters. The number of piperazine rings is 1. The van der Waals surface area contributed by atoms with Crippen LogP contribution in [0.4, 0.5) is 18.0 Å². The van der Waals surface area contributed by atoms with E-state index >= 15 is 0 Å².